The fraction of sp³-hybridized carbons (Fsp3) is 0.625. The van der Waals surface area contributed by atoms with Gasteiger partial charge in [-0.25, -0.2) is 9.55 Å². The van der Waals surface area contributed by atoms with Crippen LogP contribution < -0.4 is 4.57 Å². The van der Waals surface area contributed by atoms with E-state index >= 15 is 0 Å². The molecule has 1 rings (SSSR count). The highest BCUT2D eigenvalue weighted by Crippen LogP contribution is 2.23. The SMILES string of the molecule is CC(C)C(Cl)c1[nH]cc[n+]1C. The van der Waals surface area contributed by atoms with E-state index in [0.717, 1.165) is 5.82 Å². The number of alkyl halides is 1. The second kappa shape index (κ2) is 3.26. The van der Waals surface area contributed by atoms with Gasteiger partial charge >= 0.3 is 0 Å². The fourth-order valence-corrected chi connectivity index (χ4v) is 1.22. The maximum atomic E-state index is 6.14. The van der Waals surface area contributed by atoms with Crippen molar-refractivity contribution >= 4 is 11.6 Å². The van der Waals surface area contributed by atoms with E-state index < -0.39 is 0 Å². The second-order valence-electron chi connectivity index (χ2n) is 3.10. The monoisotopic (exact) mass is 173 g/mol. The largest absolute Gasteiger partial charge is 0.272 e. The summed E-state index contributed by atoms with van der Waals surface area (Å²) in [5.41, 5.74) is 0. The van der Waals surface area contributed by atoms with Crippen LogP contribution in [0.1, 0.15) is 25.0 Å². The van der Waals surface area contributed by atoms with E-state index in [-0.39, 0.29) is 5.38 Å². The van der Waals surface area contributed by atoms with Gasteiger partial charge in [-0.05, 0) is 5.92 Å². The van der Waals surface area contributed by atoms with Crippen LogP contribution in [0.5, 0.6) is 0 Å². The summed E-state index contributed by atoms with van der Waals surface area (Å²) in [6, 6.07) is 0. The van der Waals surface area contributed by atoms with Crippen LogP contribution in [0.3, 0.4) is 0 Å². The summed E-state index contributed by atoms with van der Waals surface area (Å²) in [6.07, 6.45) is 3.86. The molecule has 1 atom stereocenters. The summed E-state index contributed by atoms with van der Waals surface area (Å²) in [5, 5.41) is 0.0787. The normalized spacial score (nSPS) is 13.9. The molecule has 11 heavy (non-hydrogen) atoms. The molecule has 0 spiro atoms. The van der Waals surface area contributed by atoms with Gasteiger partial charge in [-0.2, -0.15) is 0 Å². The average Bonchev–Trinajstić information content (AvgIpc) is 2.33. The van der Waals surface area contributed by atoms with Gasteiger partial charge in [0.15, 0.2) is 0 Å². The highest BCUT2D eigenvalue weighted by atomic mass is 35.5. The van der Waals surface area contributed by atoms with Gasteiger partial charge in [0.05, 0.1) is 7.05 Å². The van der Waals surface area contributed by atoms with E-state index in [4.69, 9.17) is 11.6 Å². The Bertz CT molecular complexity index is 230. The number of imidazole rings is 1. The van der Waals surface area contributed by atoms with Gasteiger partial charge in [0.2, 0.25) is 0 Å². The highest BCUT2D eigenvalue weighted by Gasteiger charge is 2.21. The fourth-order valence-electron chi connectivity index (χ4n) is 1.01. The molecule has 0 aliphatic rings. The first kappa shape index (κ1) is 8.60. The smallest absolute Gasteiger partial charge is 0.246 e. The van der Waals surface area contributed by atoms with E-state index in [1.165, 1.54) is 0 Å². The van der Waals surface area contributed by atoms with Crippen LogP contribution in [0.15, 0.2) is 12.4 Å². The molecule has 0 radical (unpaired) electrons. The van der Waals surface area contributed by atoms with Crippen LogP contribution in [0, 0.1) is 5.92 Å². The third kappa shape index (κ3) is 1.74. The number of H-pyrrole nitrogens is 1. The van der Waals surface area contributed by atoms with E-state index in [1.807, 2.05) is 24.0 Å². The minimum atomic E-state index is 0.0787. The number of aryl methyl sites for hydroxylation is 1. The number of aromatic amines is 1. The maximum absolute atomic E-state index is 6.14. The van der Waals surface area contributed by atoms with E-state index in [0.29, 0.717) is 5.92 Å². The van der Waals surface area contributed by atoms with Crippen molar-refractivity contribution in [2.45, 2.75) is 19.2 Å². The lowest BCUT2D eigenvalue weighted by atomic mass is 10.1. The number of halogens is 1. The lowest BCUT2D eigenvalue weighted by molar-refractivity contribution is -0.678. The molecule has 1 aromatic heterocycles. The topological polar surface area (TPSA) is 19.7 Å². The van der Waals surface area contributed by atoms with Crippen LogP contribution in [-0.4, -0.2) is 4.98 Å². The molecule has 0 aliphatic carbocycles. The Morgan fingerprint density at radius 3 is 2.55 bits per heavy atom. The van der Waals surface area contributed by atoms with Crippen LogP contribution in [-0.2, 0) is 7.05 Å². The summed E-state index contributed by atoms with van der Waals surface area (Å²) in [6.45, 7) is 4.22. The predicted octanol–water partition coefficient (Wildman–Crippen LogP) is 1.78. The summed E-state index contributed by atoms with van der Waals surface area (Å²) in [5.74, 6) is 1.53. The standard InChI is InChI=1S/C8H13ClN2/c1-6(2)7(9)8-10-4-5-11(8)3/h4-7H,1-3H3/p+1. The van der Waals surface area contributed by atoms with Crippen molar-refractivity contribution in [2.24, 2.45) is 13.0 Å². The molecule has 0 bridgehead atoms. The van der Waals surface area contributed by atoms with Gasteiger partial charge in [-0.1, -0.05) is 13.8 Å². The zero-order chi connectivity index (χ0) is 8.43. The number of rotatable bonds is 2. The van der Waals surface area contributed by atoms with Gasteiger partial charge in [0.1, 0.15) is 17.8 Å². The molecule has 0 aliphatic heterocycles. The first-order valence-corrected chi connectivity index (χ1v) is 4.23. The Labute approximate surface area is 72.2 Å². The number of hydrogen-bond acceptors (Lipinski definition) is 0. The molecular formula is C8H14ClN2+. The molecule has 0 saturated carbocycles. The average molecular weight is 174 g/mol. The molecular weight excluding hydrogens is 160 g/mol. The number of hydrogen-bond donors (Lipinski definition) is 1. The van der Waals surface area contributed by atoms with Gasteiger partial charge in [-0.3, -0.25) is 0 Å². The zero-order valence-electron chi connectivity index (χ0n) is 7.13. The minimum absolute atomic E-state index is 0.0787. The van der Waals surface area contributed by atoms with Crippen LogP contribution in [0.2, 0.25) is 0 Å². The first-order valence-electron chi connectivity index (χ1n) is 3.80. The van der Waals surface area contributed by atoms with Crippen molar-refractivity contribution in [3.63, 3.8) is 0 Å². The third-order valence-corrected chi connectivity index (χ3v) is 2.47. The molecule has 1 N–H and O–H groups in total. The Morgan fingerprint density at radius 2 is 2.18 bits per heavy atom. The minimum Gasteiger partial charge on any atom is -0.246 e. The van der Waals surface area contributed by atoms with Gasteiger partial charge in [-0.15, -0.1) is 11.6 Å². The molecule has 1 aromatic rings. The zero-order valence-corrected chi connectivity index (χ0v) is 7.89. The summed E-state index contributed by atoms with van der Waals surface area (Å²) in [4.78, 5) is 3.12. The molecule has 62 valence electrons. The Hall–Kier alpha value is -0.500. The van der Waals surface area contributed by atoms with Crippen molar-refractivity contribution < 1.29 is 4.57 Å². The molecule has 0 amide bonds. The van der Waals surface area contributed by atoms with Gasteiger partial charge in [0, 0.05) is 0 Å². The number of aromatic nitrogens is 2. The second-order valence-corrected chi connectivity index (χ2v) is 3.57. The van der Waals surface area contributed by atoms with E-state index in [1.54, 1.807) is 0 Å². The molecule has 0 saturated heterocycles. The molecule has 1 unspecified atom stereocenters. The Balaban J connectivity index is 2.84. The Kier molecular flexibility index (Phi) is 2.55. The maximum Gasteiger partial charge on any atom is 0.272 e. The van der Waals surface area contributed by atoms with E-state index in [9.17, 15) is 0 Å². The predicted molar refractivity (Wildman–Crippen MR) is 45.4 cm³/mol. The quantitative estimate of drug-likeness (QED) is 0.520. The molecule has 3 heteroatoms. The summed E-state index contributed by atoms with van der Waals surface area (Å²) >= 11 is 6.14. The first-order chi connectivity index (χ1) is 5.13. The van der Waals surface area contributed by atoms with Crippen molar-refractivity contribution in [3.05, 3.63) is 18.2 Å². The lowest BCUT2D eigenvalue weighted by Gasteiger charge is -2.07. The van der Waals surface area contributed by atoms with Crippen molar-refractivity contribution in [3.8, 4) is 0 Å². The number of nitrogens with zero attached hydrogens (tertiary/aromatic N) is 1. The summed E-state index contributed by atoms with van der Waals surface area (Å²) < 4.78 is 2.01. The lowest BCUT2D eigenvalue weighted by Crippen LogP contribution is -2.32. The van der Waals surface area contributed by atoms with Gasteiger partial charge < -0.3 is 0 Å². The van der Waals surface area contributed by atoms with E-state index in [2.05, 4.69) is 18.8 Å². The summed E-state index contributed by atoms with van der Waals surface area (Å²) in [7, 11) is 1.99. The van der Waals surface area contributed by atoms with Gasteiger partial charge in [0.25, 0.3) is 5.82 Å². The third-order valence-electron chi connectivity index (χ3n) is 1.76. The molecule has 1 heterocycles. The molecule has 0 fully saturated rings. The van der Waals surface area contributed by atoms with Crippen LogP contribution >= 0.6 is 11.6 Å². The highest BCUT2D eigenvalue weighted by molar-refractivity contribution is 6.20. The number of nitrogens with one attached hydrogen (secondary N) is 1. The van der Waals surface area contributed by atoms with Crippen molar-refractivity contribution in [2.75, 3.05) is 0 Å². The van der Waals surface area contributed by atoms with Crippen molar-refractivity contribution in [1.29, 1.82) is 0 Å². The van der Waals surface area contributed by atoms with Crippen molar-refractivity contribution in [1.82, 2.24) is 4.98 Å². The van der Waals surface area contributed by atoms with Crippen LogP contribution in [0.25, 0.3) is 0 Å². The molecule has 0 aromatic carbocycles. The van der Waals surface area contributed by atoms with Crippen LogP contribution in [0.4, 0.5) is 0 Å². The molecule has 2 nitrogen and oxygen atoms in total. The Morgan fingerprint density at radius 1 is 1.55 bits per heavy atom.